The average molecular weight is 352 g/mol. The number of alkyl halides is 6. The molecule has 8 heteroatoms. The molecule has 0 saturated heterocycles. The lowest BCUT2D eigenvalue weighted by Gasteiger charge is -2.21. The molecule has 0 aliphatic rings. The largest absolute Gasteiger partial charge is 0.421 e. The summed E-state index contributed by atoms with van der Waals surface area (Å²) in [7, 11) is 0. The van der Waals surface area contributed by atoms with Gasteiger partial charge in [-0.3, -0.25) is 0 Å². The Morgan fingerprint density at radius 2 is 1.00 bits per heavy atom. The molecule has 0 unspecified atom stereocenters. The molecule has 0 aliphatic carbocycles. The van der Waals surface area contributed by atoms with Crippen LogP contribution in [0.25, 0.3) is 5.57 Å². The van der Waals surface area contributed by atoms with Crippen LogP contribution >= 0.6 is 0 Å². The van der Waals surface area contributed by atoms with E-state index in [1.165, 1.54) is 0 Å². The van der Waals surface area contributed by atoms with Crippen LogP contribution in [0.3, 0.4) is 0 Å². The molecule has 0 fully saturated rings. The Morgan fingerprint density at radius 1 is 0.625 bits per heavy atom. The minimum atomic E-state index is -5.77. The van der Waals surface area contributed by atoms with E-state index in [2.05, 4.69) is 0 Å². The Morgan fingerprint density at radius 3 is 1.29 bits per heavy atom. The number of halogens is 8. The predicted molar refractivity (Wildman–Crippen MR) is 70.9 cm³/mol. The molecule has 0 atom stereocenters. The van der Waals surface area contributed by atoms with Crippen molar-refractivity contribution in [1.82, 2.24) is 0 Å². The van der Waals surface area contributed by atoms with E-state index in [0.717, 1.165) is 36.4 Å². The number of hydrogen-bond acceptors (Lipinski definition) is 0. The topological polar surface area (TPSA) is 0 Å². The molecule has 128 valence electrons. The SMILES string of the molecule is Fc1cccc(C(=C(C(F)(F)F)C(F)(F)F)c2cccc(F)c2)c1. The van der Waals surface area contributed by atoms with E-state index in [4.69, 9.17) is 0 Å². The maximum absolute atomic E-state index is 13.3. The van der Waals surface area contributed by atoms with Crippen molar-refractivity contribution < 1.29 is 35.1 Å². The van der Waals surface area contributed by atoms with Crippen molar-refractivity contribution in [3.63, 3.8) is 0 Å². The van der Waals surface area contributed by atoms with Gasteiger partial charge in [0.1, 0.15) is 17.2 Å². The van der Waals surface area contributed by atoms with Crippen molar-refractivity contribution in [3.05, 3.63) is 76.9 Å². The van der Waals surface area contributed by atoms with Gasteiger partial charge < -0.3 is 0 Å². The van der Waals surface area contributed by atoms with Gasteiger partial charge in [-0.05, 0) is 35.4 Å². The van der Waals surface area contributed by atoms with Crippen LogP contribution in [-0.2, 0) is 0 Å². The summed E-state index contributed by atoms with van der Waals surface area (Å²) in [5, 5.41) is 0. The first-order chi connectivity index (χ1) is 11.0. The fourth-order valence-electron chi connectivity index (χ4n) is 2.19. The van der Waals surface area contributed by atoms with E-state index in [9.17, 15) is 35.1 Å². The van der Waals surface area contributed by atoms with E-state index in [0.29, 0.717) is 12.1 Å². The molecule has 0 heterocycles. The Balaban J connectivity index is 2.92. The zero-order valence-corrected chi connectivity index (χ0v) is 11.6. The van der Waals surface area contributed by atoms with Gasteiger partial charge in [-0.25, -0.2) is 8.78 Å². The van der Waals surface area contributed by atoms with Gasteiger partial charge in [0.05, 0.1) is 0 Å². The molecule has 0 N–H and O–H groups in total. The summed E-state index contributed by atoms with van der Waals surface area (Å²) in [4.78, 5) is 0. The van der Waals surface area contributed by atoms with Crippen molar-refractivity contribution in [2.24, 2.45) is 0 Å². The second kappa shape index (κ2) is 6.26. The van der Waals surface area contributed by atoms with Gasteiger partial charge >= 0.3 is 12.4 Å². The van der Waals surface area contributed by atoms with E-state index in [1.807, 2.05) is 0 Å². The lowest BCUT2D eigenvalue weighted by Crippen LogP contribution is -2.28. The van der Waals surface area contributed by atoms with Crippen LogP contribution in [0, 0.1) is 11.6 Å². The van der Waals surface area contributed by atoms with Crippen LogP contribution < -0.4 is 0 Å². The summed E-state index contributed by atoms with van der Waals surface area (Å²) in [6, 6.07) is 6.50. The molecule has 0 aromatic heterocycles. The first-order valence-corrected chi connectivity index (χ1v) is 6.40. The molecule has 0 nitrogen and oxygen atoms in total. The number of rotatable bonds is 2. The Bertz CT molecular complexity index is 705. The lowest BCUT2D eigenvalue weighted by atomic mass is 9.92. The fourth-order valence-corrected chi connectivity index (χ4v) is 2.19. The first-order valence-electron chi connectivity index (χ1n) is 6.40. The van der Waals surface area contributed by atoms with Gasteiger partial charge in [-0.1, -0.05) is 24.3 Å². The summed E-state index contributed by atoms with van der Waals surface area (Å²) in [6.07, 6.45) is -11.5. The maximum Gasteiger partial charge on any atom is 0.421 e. The van der Waals surface area contributed by atoms with Gasteiger partial charge in [-0.15, -0.1) is 0 Å². The third-order valence-corrected chi connectivity index (χ3v) is 3.04. The summed E-state index contributed by atoms with van der Waals surface area (Å²) < 4.78 is 105. The third-order valence-electron chi connectivity index (χ3n) is 3.04. The average Bonchev–Trinajstić information content (AvgIpc) is 2.41. The molecule has 0 bridgehead atoms. The first kappa shape index (κ1) is 18.0. The molecule has 0 aliphatic heterocycles. The highest BCUT2D eigenvalue weighted by Gasteiger charge is 2.53. The molecule has 2 aromatic rings. The quantitative estimate of drug-likeness (QED) is 0.591. The summed E-state index contributed by atoms with van der Waals surface area (Å²) in [5.41, 5.74) is -5.49. The molecule has 2 aromatic carbocycles. The van der Waals surface area contributed by atoms with E-state index in [-0.39, 0.29) is 0 Å². The monoisotopic (exact) mass is 352 g/mol. The summed E-state index contributed by atoms with van der Waals surface area (Å²) in [5.74, 6) is -2.05. The van der Waals surface area contributed by atoms with Gasteiger partial charge in [0.25, 0.3) is 0 Å². The van der Waals surface area contributed by atoms with Gasteiger partial charge in [0.15, 0.2) is 0 Å². The van der Waals surface area contributed by atoms with Crippen molar-refractivity contribution in [3.8, 4) is 0 Å². The van der Waals surface area contributed by atoms with Crippen molar-refractivity contribution in [2.75, 3.05) is 0 Å². The van der Waals surface area contributed by atoms with Crippen molar-refractivity contribution >= 4 is 5.57 Å². The third kappa shape index (κ3) is 3.93. The molecule has 0 radical (unpaired) electrons. The number of hydrogen-bond donors (Lipinski definition) is 0. The Hall–Kier alpha value is -2.38. The van der Waals surface area contributed by atoms with Crippen LogP contribution in [0.4, 0.5) is 35.1 Å². The second-order valence-corrected chi connectivity index (χ2v) is 4.77. The molecule has 2 rings (SSSR count). The van der Waals surface area contributed by atoms with Crippen molar-refractivity contribution in [2.45, 2.75) is 12.4 Å². The minimum Gasteiger partial charge on any atom is -0.207 e. The van der Waals surface area contributed by atoms with Crippen molar-refractivity contribution in [1.29, 1.82) is 0 Å². The lowest BCUT2D eigenvalue weighted by molar-refractivity contribution is -0.170. The normalized spacial score (nSPS) is 12.2. The van der Waals surface area contributed by atoms with Gasteiger partial charge in [0, 0.05) is 5.57 Å². The molecular weight excluding hydrogens is 344 g/mol. The highest BCUT2D eigenvalue weighted by atomic mass is 19.4. The van der Waals surface area contributed by atoms with Crippen LogP contribution in [0.2, 0.25) is 0 Å². The second-order valence-electron chi connectivity index (χ2n) is 4.77. The zero-order valence-electron chi connectivity index (χ0n) is 11.6. The fraction of sp³-hybridized carbons (Fsp3) is 0.125. The van der Waals surface area contributed by atoms with E-state index >= 15 is 0 Å². The van der Waals surface area contributed by atoms with E-state index < -0.39 is 46.3 Å². The molecular formula is C16H8F8. The van der Waals surface area contributed by atoms with E-state index in [1.54, 1.807) is 0 Å². The summed E-state index contributed by atoms with van der Waals surface area (Å²) in [6.45, 7) is 0. The molecule has 0 spiro atoms. The molecule has 24 heavy (non-hydrogen) atoms. The number of allylic oxidation sites excluding steroid dienone is 1. The Kier molecular flexibility index (Phi) is 4.68. The maximum atomic E-state index is 13.3. The van der Waals surface area contributed by atoms with Crippen LogP contribution in [0.15, 0.2) is 54.1 Å². The van der Waals surface area contributed by atoms with Crippen LogP contribution in [0.1, 0.15) is 11.1 Å². The zero-order chi connectivity index (χ0) is 18.1. The summed E-state index contributed by atoms with van der Waals surface area (Å²) >= 11 is 0. The Labute approximate surface area is 131 Å². The highest BCUT2D eigenvalue weighted by Crippen LogP contribution is 2.45. The molecule has 0 amide bonds. The minimum absolute atomic E-state index is 0.526. The predicted octanol–water partition coefficient (Wildman–Crippen LogP) is 5.89. The number of benzene rings is 2. The van der Waals surface area contributed by atoms with Crippen LogP contribution in [-0.4, -0.2) is 12.4 Å². The van der Waals surface area contributed by atoms with Crippen LogP contribution in [0.5, 0.6) is 0 Å². The molecule has 0 saturated carbocycles. The highest BCUT2D eigenvalue weighted by molar-refractivity contribution is 5.83. The standard InChI is InChI=1S/C16H8F8/c17-11-5-1-3-9(7-11)13(10-4-2-6-12(18)8-10)14(15(19,20)21)16(22,23)24/h1-8H. The van der Waals surface area contributed by atoms with Gasteiger partial charge in [0.2, 0.25) is 0 Å². The smallest absolute Gasteiger partial charge is 0.207 e. The van der Waals surface area contributed by atoms with Gasteiger partial charge in [-0.2, -0.15) is 26.3 Å².